The van der Waals surface area contributed by atoms with Crippen LogP contribution in [-0.4, -0.2) is 42.4 Å². The quantitative estimate of drug-likeness (QED) is 0.737. The molecule has 1 heterocycles. The number of hydrogen-bond donors (Lipinski definition) is 3. The molecule has 23 heavy (non-hydrogen) atoms. The van der Waals surface area contributed by atoms with E-state index in [2.05, 4.69) is 22.8 Å². The molecule has 5 nitrogen and oxygen atoms in total. The van der Waals surface area contributed by atoms with Gasteiger partial charge in [-0.25, -0.2) is 0 Å². The molecule has 1 saturated carbocycles. The van der Waals surface area contributed by atoms with Gasteiger partial charge in [0, 0.05) is 19.0 Å². The Labute approximate surface area is 137 Å². The van der Waals surface area contributed by atoms with E-state index in [-0.39, 0.29) is 24.0 Å². The number of carbonyl (C=O) groups excluding carboxylic acids is 1. The lowest BCUT2D eigenvalue weighted by atomic mass is 10.1. The van der Waals surface area contributed by atoms with E-state index in [1.807, 2.05) is 18.2 Å². The summed E-state index contributed by atoms with van der Waals surface area (Å²) in [4.78, 5) is 12.0. The van der Waals surface area contributed by atoms with Gasteiger partial charge in [-0.3, -0.25) is 4.79 Å². The van der Waals surface area contributed by atoms with Gasteiger partial charge in [-0.05, 0) is 18.4 Å². The normalized spacial score (nSPS) is 28.1. The van der Waals surface area contributed by atoms with Crippen LogP contribution in [0.25, 0.3) is 0 Å². The Bertz CT molecular complexity index is 502. The van der Waals surface area contributed by atoms with E-state index in [1.54, 1.807) is 0 Å². The molecule has 0 spiro atoms. The minimum absolute atomic E-state index is 0.0939. The predicted octanol–water partition coefficient (Wildman–Crippen LogP) is 1.21. The highest BCUT2D eigenvalue weighted by atomic mass is 16.5. The Morgan fingerprint density at radius 2 is 1.96 bits per heavy atom. The molecule has 0 radical (unpaired) electrons. The van der Waals surface area contributed by atoms with E-state index in [0.29, 0.717) is 19.7 Å². The number of carbonyl (C=O) groups is 1. The molecule has 1 amide bonds. The summed E-state index contributed by atoms with van der Waals surface area (Å²) in [6.45, 7) is 1.56. The number of aliphatic hydroxyl groups excluding tert-OH is 1. The smallest absolute Gasteiger partial charge is 0.223 e. The zero-order chi connectivity index (χ0) is 16.1. The van der Waals surface area contributed by atoms with Gasteiger partial charge in [0.15, 0.2) is 0 Å². The van der Waals surface area contributed by atoms with Crippen LogP contribution in [0, 0.1) is 5.92 Å². The molecular formula is C18H26N2O3. The van der Waals surface area contributed by atoms with Gasteiger partial charge >= 0.3 is 0 Å². The summed E-state index contributed by atoms with van der Waals surface area (Å²) in [6.07, 6.45) is 3.34. The summed E-state index contributed by atoms with van der Waals surface area (Å²) in [6, 6.07) is 9.99. The molecule has 0 aromatic heterocycles. The average molecular weight is 318 g/mol. The highest BCUT2D eigenvalue weighted by Gasteiger charge is 2.36. The minimum Gasteiger partial charge on any atom is -0.389 e. The van der Waals surface area contributed by atoms with Crippen LogP contribution in [0.5, 0.6) is 0 Å². The van der Waals surface area contributed by atoms with Crippen molar-refractivity contribution in [3.05, 3.63) is 35.9 Å². The van der Waals surface area contributed by atoms with E-state index in [9.17, 15) is 9.90 Å². The molecule has 1 aromatic rings. The second-order valence-corrected chi connectivity index (χ2v) is 6.56. The Balaban J connectivity index is 1.41. The lowest BCUT2D eigenvalue weighted by Gasteiger charge is -2.19. The second-order valence-electron chi connectivity index (χ2n) is 6.56. The molecule has 5 heteroatoms. The number of rotatable bonds is 6. The Hall–Kier alpha value is -1.43. The van der Waals surface area contributed by atoms with E-state index in [1.165, 1.54) is 5.56 Å². The van der Waals surface area contributed by atoms with Crippen LogP contribution in [0.2, 0.25) is 0 Å². The summed E-state index contributed by atoms with van der Waals surface area (Å²) in [7, 11) is 0. The molecule has 1 aliphatic heterocycles. The summed E-state index contributed by atoms with van der Waals surface area (Å²) in [5.74, 6) is 0.263. The van der Waals surface area contributed by atoms with Crippen molar-refractivity contribution < 1.29 is 14.6 Å². The molecular weight excluding hydrogens is 292 g/mol. The van der Waals surface area contributed by atoms with Crippen LogP contribution in [0.3, 0.4) is 0 Å². The van der Waals surface area contributed by atoms with Gasteiger partial charge in [0.25, 0.3) is 0 Å². The number of amides is 1. The lowest BCUT2D eigenvalue weighted by Crippen LogP contribution is -2.45. The molecule has 3 N–H and O–H groups in total. The maximum Gasteiger partial charge on any atom is 0.223 e. The van der Waals surface area contributed by atoms with Gasteiger partial charge in [0.2, 0.25) is 5.91 Å². The highest BCUT2D eigenvalue weighted by molar-refractivity contribution is 5.78. The van der Waals surface area contributed by atoms with Crippen molar-refractivity contribution in [2.75, 3.05) is 13.2 Å². The van der Waals surface area contributed by atoms with Crippen LogP contribution in [0.1, 0.15) is 31.2 Å². The van der Waals surface area contributed by atoms with Crippen molar-refractivity contribution in [2.24, 2.45) is 5.92 Å². The molecule has 0 unspecified atom stereocenters. The maximum atomic E-state index is 12.0. The molecule has 3 rings (SSSR count). The van der Waals surface area contributed by atoms with Crippen LogP contribution in [0.4, 0.5) is 0 Å². The van der Waals surface area contributed by atoms with Crippen molar-refractivity contribution in [1.82, 2.24) is 10.6 Å². The van der Waals surface area contributed by atoms with Crippen LogP contribution in [-0.2, 0) is 16.1 Å². The third-order valence-electron chi connectivity index (χ3n) is 4.90. The van der Waals surface area contributed by atoms with E-state index >= 15 is 0 Å². The van der Waals surface area contributed by atoms with Crippen LogP contribution < -0.4 is 10.6 Å². The third kappa shape index (κ3) is 4.31. The van der Waals surface area contributed by atoms with Crippen molar-refractivity contribution in [2.45, 2.75) is 50.5 Å². The van der Waals surface area contributed by atoms with Gasteiger partial charge in [-0.2, -0.15) is 0 Å². The maximum absolute atomic E-state index is 12.0. The molecule has 2 fully saturated rings. The number of nitrogens with one attached hydrogen (secondary N) is 2. The summed E-state index contributed by atoms with van der Waals surface area (Å²) in [5.41, 5.74) is 1.18. The number of ether oxygens (including phenoxy) is 1. The molecule has 1 aliphatic carbocycles. The first-order chi connectivity index (χ1) is 11.2. The first-order valence-corrected chi connectivity index (χ1v) is 8.59. The number of hydrogen-bond acceptors (Lipinski definition) is 4. The molecule has 2 aliphatic rings. The third-order valence-corrected chi connectivity index (χ3v) is 4.90. The standard InChI is InChI=1S/C18H26N2O3/c21-17-15(19-10-13-6-2-1-3-7-13)12-23-16(17)11-20-18(22)14-8-4-5-9-14/h1-3,6-7,14-17,19,21H,4-5,8-12H2,(H,20,22)/t15-,16-,17+/m1/s1. The predicted molar refractivity (Wildman–Crippen MR) is 87.8 cm³/mol. The number of benzene rings is 1. The molecule has 126 valence electrons. The molecule has 1 saturated heterocycles. The lowest BCUT2D eigenvalue weighted by molar-refractivity contribution is -0.125. The monoisotopic (exact) mass is 318 g/mol. The average Bonchev–Trinajstić information content (AvgIpc) is 3.22. The fourth-order valence-corrected chi connectivity index (χ4v) is 3.42. The largest absolute Gasteiger partial charge is 0.389 e. The molecule has 3 atom stereocenters. The van der Waals surface area contributed by atoms with Gasteiger partial charge < -0.3 is 20.5 Å². The first kappa shape index (κ1) is 16.4. The summed E-state index contributed by atoms with van der Waals surface area (Å²) in [5, 5.41) is 16.6. The molecule has 1 aromatic carbocycles. The SMILES string of the molecule is O=C(NC[C@H]1OC[C@@H](NCc2ccccc2)[C@@H]1O)C1CCCC1. The topological polar surface area (TPSA) is 70.6 Å². The van der Waals surface area contributed by atoms with E-state index < -0.39 is 6.10 Å². The fraction of sp³-hybridized carbons (Fsp3) is 0.611. The first-order valence-electron chi connectivity index (χ1n) is 8.59. The zero-order valence-corrected chi connectivity index (χ0v) is 13.4. The Morgan fingerprint density at radius 3 is 2.70 bits per heavy atom. The summed E-state index contributed by atoms with van der Waals surface area (Å²) >= 11 is 0. The van der Waals surface area contributed by atoms with Gasteiger partial charge in [0.05, 0.1) is 18.8 Å². The minimum atomic E-state index is -0.595. The van der Waals surface area contributed by atoms with Crippen molar-refractivity contribution in [1.29, 1.82) is 0 Å². The summed E-state index contributed by atoms with van der Waals surface area (Å²) < 4.78 is 5.65. The van der Waals surface area contributed by atoms with Gasteiger partial charge in [0.1, 0.15) is 6.10 Å². The van der Waals surface area contributed by atoms with Crippen LogP contribution in [0.15, 0.2) is 30.3 Å². The van der Waals surface area contributed by atoms with Gasteiger partial charge in [-0.15, -0.1) is 0 Å². The van der Waals surface area contributed by atoms with Crippen molar-refractivity contribution in [3.8, 4) is 0 Å². The van der Waals surface area contributed by atoms with Crippen molar-refractivity contribution >= 4 is 5.91 Å². The van der Waals surface area contributed by atoms with E-state index in [4.69, 9.17) is 4.74 Å². The molecule has 0 bridgehead atoms. The Kier molecular flexibility index (Phi) is 5.65. The fourth-order valence-electron chi connectivity index (χ4n) is 3.42. The van der Waals surface area contributed by atoms with Gasteiger partial charge in [-0.1, -0.05) is 43.2 Å². The van der Waals surface area contributed by atoms with Crippen molar-refractivity contribution in [3.63, 3.8) is 0 Å². The van der Waals surface area contributed by atoms with Crippen LogP contribution >= 0.6 is 0 Å². The second kappa shape index (κ2) is 7.90. The Morgan fingerprint density at radius 1 is 1.22 bits per heavy atom. The zero-order valence-electron chi connectivity index (χ0n) is 13.4. The van der Waals surface area contributed by atoms with E-state index in [0.717, 1.165) is 25.7 Å². The highest BCUT2D eigenvalue weighted by Crippen LogP contribution is 2.24. The number of aliphatic hydroxyl groups is 1.